The Hall–Kier alpha value is -2.73. The molecule has 2 N–H and O–H groups in total. The van der Waals surface area contributed by atoms with E-state index in [2.05, 4.69) is 17.1 Å². The smallest absolute Gasteiger partial charge is 0.253 e. The first kappa shape index (κ1) is 18.6. The highest BCUT2D eigenvalue weighted by Crippen LogP contribution is 2.29. The molecule has 4 rings (SSSR count). The van der Waals surface area contributed by atoms with Crippen molar-refractivity contribution in [1.29, 1.82) is 0 Å². The Morgan fingerprint density at radius 2 is 1.71 bits per heavy atom. The van der Waals surface area contributed by atoms with Gasteiger partial charge in [-0.15, -0.1) is 0 Å². The zero-order valence-electron chi connectivity index (χ0n) is 15.9. The van der Waals surface area contributed by atoms with Crippen molar-refractivity contribution in [3.8, 4) is 0 Å². The third-order valence-corrected chi connectivity index (χ3v) is 5.89. The monoisotopic (exact) mass is 378 g/mol. The van der Waals surface area contributed by atoms with Gasteiger partial charge in [0.25, 0.3) is 5.91 Å². The molecule has 3 atom stereocenters. The van der Waals surface area contributed by atoms with Crippen molar-refractivity contribution in [1.82, 2.24) is 14.8 Å². The number of hydrogen-bond donors (Lipinski definition) is 1. The van der Waals surface area contributed by atoms with Crippen LogP contribution in [-0.4, -0.2) is 58.8 Å². The molecule has 0 spiro atoms. The second-order valence-electron chi connectivity index (χ2n) is 7.75. The average Bonchev–Trinajstić information content (AvgIpc) is 3.15. The number of aromatic nitrogens is 1. The highest BCUT2D eigenvalue weighted by molar-refractivity contribution is 5.94. The molecule has 2 amide bonds. The van der Waals surface area contributed by atoms with Gasteiger partial charge in [0.1, 0.15) is 0 Å². The van der Waals surface area contributed by atoms with E-state index in [9.17, 15) is 9.59 Å². The number of benzene rings is 1. The number of nitrogens with two attached hydrogens (primary N) is 1. The van der Waals surface area contributed by atoms with Crippen molar-refractivity contribution in [3.63, 3.8) is 0 Å². The largest absolute Gasteiger partial charge is 0.340 e. The molecule has 1 aromatic heterocycles. The molecule has 2 aromatic rings. The number of amides is 2. The van der Waals surface area contributed by atoms with Crippen molar-refractivity contribution >= 4 is 11.8 Å². The van der Waals surface area contributed by atoms with Crippen LogP contribution in [-0.2, 0) is 4.79 Å². The van der Waals surface area contributed by atoms with Crippen LogP contribution in [0.1, 0.15) is 34.7 Å². The number of rotatable bonds is 3. The van der Waals surface area contributed by atoms with Crippen molar-refractivity contribution in [2.24, 2.45) is 11.7 Å². The van der Waals surface area contributed by atoms with Gasteiger partial charge < -0.3 is 15.5 Å². The lowest BCUT2D eigenvalue weighted by Gasteiger charge is -2.34. The van der Waals surface area contributed by atoms with Crippen molar-refractivity contribution in [3.05, 3.63) is 66.0 Å². The maximum atomic E-state index is 13.1. The second kappa shape index (κ2) is 8.10. The fourth-order valence-corrected chi connectivity index (χ4v) is 4.36. The molecule has 146 valence electrons. The molecule has 2 aliphatic heterocycles. The SMILES string of the molecule is N[C@@H]1CN(C(=O)C2CCCN(C(=O)c3ccncc3)C2)C[C@H]1c1ccccc1. The first-order chi connectivity index (χ1) is 13.6. The van der Waals surface area contributed by atoms with Gasteiger partial charge in [-0.05, 0) is 30.5 Å². The van der Waals surface area contributed by atoms with Gasteiger partial charge in [0.2, 0.25) is 5.91 Å². The minimum atomic E-state index is -0.152. The number of hydrogen-bond acceptors (Lipinski definition) is 4. The fraction of sp³-hybridized carbons (Fsp3) is 0.409. The quantitative estimate of drug-likeness (QED) is 0.885. The van der Waals surface area contributed by atoms with E-state index < -0.39 is 0 Å². The molecular weight excluding hydrogens is 352 g/mol. The van der Waals surface area contributed by atoms with Gasteiger partial charge in [0, 0.05) is 56.1 Å². The Morgan fingerprint density at radius 1 is 0.964 bits per heavy atom. The summed E-state index contributed by atoms with van der Waals surface area (Å²) in [6.07, 6.45) is 4.90. The number of carbonyl (C=O) groups is 2. The van der Waals surface area contributed by atoms with Crippen molar-refractivity contribution < 1.29 is 9.59 Å². The second-order valence-corrected chi connectivity index (χ2v) is 7.75. The van der Waals surface area contributed by atoms with E-state index in [1.807, 2.05) is 23.1 Å². The molecule has 28 heavy (non-hydrogen) atoms. The third-order valence-electron chi connectivity index (χ3n) is 5.89. The van der Waals surface area contributed by atoms with E-state index in [1.54, 1.807) is 29.4 Å². The predicted octanol–water partition coefficient (Wildman–Crippen LogP) is 1.89. The van der Waals surface area contributed by atoms with Gasteiger partial charge in [-0.25, -0.2) is 0 Å². The summed E-state index contributed by atoms with van der Waals surface area (Å²) in [5.41, 5.74) is 8.16. The van der Waals surface area contributed by atoms with Crippen LogP contribution in [0.15, 0.2) is 54.9 Å². The minimum Gasteiger partial charge on any atom is -0.340 e. The highest BCUT2D eigenvalue weighted by atomic mass is 16.2. The fourth-order valence-electron chi connectivity index (χ4n) is 4.36. The number of pyridine rings is 1. The summed E-state index contributed by atoms with van der Waals surface area (Å²) in [5.74, 6) is 0.117. The van der Waals surface area contributed by atoms with Crippen LogP contribution >= 0.6 is 0 Å². The maximum absolute atomic E-state index is 13.1. The summed E-state index contributed by atoms with van der Waals surface area (Å²) >= 11 is 0. The highest BCUT2D eigenvalue weighted by Gasteiger charge is 2.38. The number of carbonyl (C=O) groups excluding carboxylic acids is 2. The molecule has 0 radical (unpaired) electrons. The lowest BCUT2D eigenvalue weighted by Crippen LogP contribution is -2.46. The Morgan fingerprint density at radius 3 is 2.46 bits per heavy atom. The molecule has 2 aliphatic rings. The number of likely N-dealkylation sites (tertiary alicyclic amines) is 2. The first-order valence-corrected chi connectivity index (χ1v) is 9.92. The van der Waals surface area contributed by atoms with Gasteiger partial charge in [-0.3, -0.25) is 14.6 Å². The van der Waals surface area contributed by atoms with E-state index in [-0.39, 0.29) is 29.7 Å². The van der Waals surface area contributed by atoms with Crippen LogP contribution in [0.25, 0.3) is 0 Å². The zero-order valence-corrected chi connectivity index (χ0v) is 15.9. The van der Waals surface area contributed by atoms with Crippen LogP contribution in [0.2, 0.25) is 0 Å². The Kier molecular flexibility index (Phi) is 5.39. The zero-order chi connectivity index (χ0) is 19.5. The van der Waals surface area contributed by atoms with Gasteiger partial charge in [-0.2, -0.15) is 0 Å². The Labute approximate surface area is 165 Å². The molecule has 2 fully saturated rings. The van der Waals surface area contributed by atoms with E-state index in [0.29, 0.717) is 31.7 Å². The molecule has 1 unspecified atom stereocenters. The molecular formula is C22H26N4O2. The van der Waals surface area contributed by atoms with E-state index in [4.69, 9.17) is 5.73 Å². The van der Waals surface area contributed by atoms with Gasteiger partial charge >= 0.3 is 0 Å². The summed E-state index contributed by atoms with van der Waals surface area (Å²) < 4.78 is 0. The van der Waals surface area contributed by atoms with E-state index in [0.717, 1.165) is 12.8 Å². The molecule has 3 heterocycles. The van der Waals surface area contributed by atoms with Gasteiger partial charge in [-0.1, -0.05) is 30.3 Å². The van der Waals surface area contributed by atoms with Gasteiger partial charge in [0.05, 0.1) is 5.92 Å². The topological polar surface area (TPSA) is 79.5 Å². The Bertz CT molecular complexity index is 827. The molecule has 0 bridgehead atoms. The maximum Gasteiger partial charge on any atom is 0.253 e. The molecule has 1 aromatic carbocycles. The standard InChI is InChI=1S/C22H26N4O2/c23-20-15-26(14-19(20)16-5-2-1-3-6-16)22(28)18-7-4-12-25(13-18)21(27)17-8-10-24-11-9-17/h1-3,5-6,8-11,18-20H,4,7,12-15,23H2/t18?,19-,20+/m0/s1. The van der Waals surface area contributed by atoms with Crippen molar-refractivity contribution in [2.75, 3.05) is 26.2 Å². The van der Waals surface area contributed by atoms with Crippen molar-refractivity contribution in [2.45, 2.75) is 24.8 Å². The van der Waals surface area contributed by atoms with Crippen LogP contribution in [0.5, 0.6) is 0 Å². The molecule has 0 saturated carbocycles. The lowest BCUT2D eigenvalue weighted by molar-refractivity contribution is -0.135. The number of piperidine rings is 1. The predicted molar refractivity (Wildman–Crippen MR) is 107 cm³/mol. The minimum absolute atomic E-state index is 0.0276. The van der Waals surface area contributed by atoms with Crippen LogP contribution < -0.4 is 5.73 Å². The molecule has 6 nitrogen and oxygen atoms in total. The van der Waals surface area contributed by atoms with Crippen LogP contribution in [0.3, 0.4) is 0 Å². The Balaban J connectivity index is 1.41. The normalized spacial score (nSPS) is 25.0. The summed E-state index contributed by atoms with van der Waals surface area (Å²) in [6, 6.07) is 13.6. The molecule has 6 heteroatoms. The third kappa shape index (κ3) is 3.78. The number of nitrogens with zero attached hydrogens (tertiary/aromatic N) is 3. The first-order valence-electron chi connectivity index (χ1n) is 9.92. The molecule has 0 aliphatic carbocycles. The van der Waals surface area contributed by atoms with E-state index in [1.165, 1.54) is 5.56 Å². The van der Waals surface area contributed by atoms with Gasteiger partial charge in [0.15, 0.2) is 0 Å². The summed E-state index contributed by atoms with van der Waals surface area (Å²) in [7, 11) is 0. The summed E-state index contributed by atoms with van der Waals surface area (Å²) in [6.45, 7) is 2.39. The van der Waals surface area contributed by atoms with Crippen LogP contribution in [0.4, 0.5) is 0 Å². The molecule has 2 saturated heterocycles. The van der Waals surface area contributed by atoms with E-state index >= 15 is 0 Å². The van der Waals surface area contributed by atoms with Crippen LogP contribution in [0, 0.1) is 5.92 Å². The average molecular weight is 378 g/mol. The summed E-state index contributed by atoms with van der Waals surface area (Å²) in [4.78, 5) is 33.5. The summed E-state index contributed by atoms with van der Waals surface area (Å²) in [5, 5.41) is 0. The lowest BCUT2D eigenvalue weighted by atomic mass is 9.95.